The van der Waals surface area contributed by atoms with Gasteiger partial charge < -0.3 is 10.1 Å². The minimum Gasteiger partial charge on any atom is -0.383 e. The van der Waals surface area contributed by atoms with Gasteiger partial charge in [-0.2, -0.15) is 0 Å². The van der Waals surface area contributed by atoms with Gasteiger partial charge in [-0.3, -0.25) is 0 Å². The Morgan fingerprint density at radius 1 is 1.12 bits per heavy atom. The van der Waals surface area contributed by atoms with Gasteiger partial charge in [0.1, 0.15) is 0 Å². The van der Waals surface area contributed by atoms with Crippen molar-refractivity contribution >= 4 is 0 Å². The summed E-state index contributed by atoms with van der Waals surface area (Å²) in [7, 11) is 1.76. The lowest BCUT2D eigenvalue weighted by Gasteiger charge is -2.29. The average molecular weight is 227 g/mol. The van der Waals surface area contributed by atoms with Crippen LogP contribution in [0.2, 0.25) is 0 Å². The Morgan fingerprint density at radius 3 is 2.31 bits per heavy atom. The molecule has 0 aliphatic heterocycles. The van der Waals surface area contributed by atoms with Gasteiger partial charge in [-0.15, -0.1) is 0 Å². The third kappa shape index (κ3) is 4.84. The molecule has 1 saturated carbocycles. The molecule has 96 valence electrons. The molecular formula is C14H29NO. The molecule has 0 spiro atoms. The van der Waals surface area contributed by atoms with E-state index in [1.165, 1.54) is 38.5 Å². The number of hydrogen-bond acceptors (Lipinski definition) is 2. The maximum atomic E-state index is 5.07. The highest BCUT2D eigenvalue weighted by molar-refractivity contribution is 4.77. The highest BCUT2D eigenvalue weighted by atomic mass is 16.5. The van der Waals surface area contributed by atoms with Gasteiger partial charge in [0.2, 0.25) is 0 Å². The van der Waals surface area contributed by atoms with E-state index in [2.05, 4.69) is 19.2 Å². The second-order valence-corrected chi connectivity index (χ2v) is 5.35. The molecule has 0 heterocycles. The summed E-state index contributed by atoms with van der Waals surface area (Å²) in [5.74, 6) is 1.74. The fourth-order valence-electron chi connectivity index (χ4n) is 2.82. The molecule has 2 unspecified atom stereocenters. The van der Waals surface area contributed by atoms with Gasteiger partial charge in [0.25, 0.3) is 0 Å². The van der Waals surface area contributed by atoms with E-state index >= 15 is 0 Å². The highest BCUT2D eigenvalue weighted by Crippen LogP contribution is 2.30. The minimum absolute atomic E-state index is 0.623. The van der Waals surface area contributed by atoms with Crippen LogP contribution in [-0.4, -0.2) is 26.3 Å². The van der Waals surface area contributed by atoms with Gasteiger partial charge in [-0.05, 0) is 18.8 Å². The fourth-order valence-corrected chi connectivity index (χ4v) is 2.82. The molecule has 1 aliphatic rings. The van der Waals surface area contributed by atoms with Crippen LogP contribution < -0.4 is 5.32 Å². The zero-order valence-corrected chi connectivity index (χ0v) is 11.3. The average Bonchev–Trinajstić information content (AvgIpc) is 2.56. The van der Waals surface area contributed by atoms with Crippen LogP contribution in [0.25, 0.3) is 0 Å². The van der Waals surface area contributed by atoms with E-state index in [4.69, 9.17) is 4.74 Å². The molecule has 0 bridgehead atoms. The molecule has 2 atom stereocenters. The van der Waals surface area contributed by atoms with Crippen LogP contribution >= 0.6 is 0 Å². The van der Waals surface area contributed by atoms with Crippen LogP contribution in [0.5, 0.6) is 0 Å². The second-order valence-electron chi connectivity index (χ2n) is 5.35. The lowest BCUT2D eigenvalue weighted by atomic mass is 9.83. The molecular weight excluding hydrogens is 198 g/mol. The van der Waals surface area contributed by atoms with Crippen LogP contribution in [-0.2, 0) is 4.74 Å². The normalized spacial score (nSPS) is 22.7. The molecule has 2 heteroatoms. The largest absolute Gasteiger partial charge is 0.383 e. The Hall–Kier alpha value is -0.0800. The molecule has 0 radical (unpaired) electrons. The van der Waals surface area contributed by atoms with E-state index in [0.717, 1.165) is 25.0 Å². The van der Waals surface area contributed by atoms with E-state index < -0.39 is 0 Å². The molecule has 16 heavy (non-hydrogen) atoms. The Kier molecular flexibility index (Phi) is 7.06. The Balaban J connectivity index is 2.26. The molecule has 0 aromatic heterocycles. The first-order valence-electron chi connectivity index (χ1n) is 6.98. The van der Waals surface area contributed by atoms with Gasteiger partial charge in [0.05, 0.1) is 6.61 Å². The molecule has 2 nitrogen and oxygen atoms in total. The zero-order chi connectivity index (χ0) is 11.8. The summed E-state index contributed by atoms with van der Waals surface area (Å²) in [6.45, 7) is 6.54. The van der Waals surface area contributed by atoms with Crippen LogP contribution in [0, 0.1) is 11.8 Å². The van der Waals surface area contributed by atoms with Crippen LogP contribution in [0.15, 0.2) is 0 Å². The predicted octanol–water partition coefficient (Wildman–Crippen LogP) is 3.22. The fraction of sp³-hybridized carbons (Fsp3) is 1.00. The van der Waals surface area contributed by atoms with Gasteiger partial charge in [-0.25, -0.2) is 0 Å². The molecule has 0 amide bonds. The van der Waals surface area contributed by atoms with Crippen LogP contribution in [0.1, 0.15) is 52.4 Å². The summed E-state index contributed by atoms with van der Waals surface area (Å²) in [6, 6.07) is 0.623. The second kappa shape index (κ2) is 8.08. The number of methoxy groups -OCH3 is 1. The Morgan fingerprint density at radius 2 is 1.75 bits per heavy atom. The van der Waals surface area contributed by atoms with E-state index in [-0.39, 0.29) is 0 Å². The van der Waals surface area contributed by atoms with Crippen molar-refractivity contribution in [1.82, 2.24) is 5.32 Å². The summed E-state index contributed by atoms with van der Waals surface area (Å²) in [5.41, 5.74) is 0. The molecule has 0 aromatic carbocycles. The molecule has 1 rings (SSSR count). The van der Waals surface area contributed by atoms with Crippen molar-refractivity contribution in [3.63, 3.8) is 0 Å². The van der Waals surface area contributed by atoms with E-state index in [1.807, 2.05) is 0 Å². The van der Waals surface area contributed by atoms with Crippen molar-refractivity contribution in [1.29, 1.82) is 0 Å². The van der Waals surface area contributed by atoms with E-state index in [9.17, 15) is 0 Å². The van der Waals surface area contributed by atoms with Crippen molar-refractivity contribution in [3.05, 3.63) is 0 Å². The lowest BCUT2D eigenvalue weighted by molar-refractivity contribution is 0.184. The molecule has 1 fully saturated rings. The maximum Gasteiger partial charge on any atom is 0.0587 e. The smallest absolute Gasteiger partial charge is 0.0587 e. The van der Waals surface area contributed by atoms with Crippen LogP contribution in [0.3, 0.4) is 0 Å². The molecule has 0 saturated heterocycles. The number of rotatable bonds is 6. The maximum absolute atomic E-state index is 5.07. The molecule has 0 aromatic rings. The molecule has 1 N–H and O–H groups in total. The van der Waals surface area contributed by atoms with Crippen molar-refractivity contribution in [3.8, 4) is 0 Å². The summed E-state index contributed by atoms with van der Waals surface area (Å²) in [5, 5.41) is 3.58. The first kappa shape index (κ1) is 14.0. The summed E-state index contributed by atoms with van der Waals surface area (Å²) in [4.78, 5) is 0. The van der Waals surface area contributed by atoms with Crippen molar-refractivity contribution in [2.45, 2.75) is 58.4 Å². The zero-order valence-electron chi connectivity index (χ0n) is 11.3. The molecule has 1 aliphatic carbocycles. The van der Waals surface area contributed by atoms with Gasteiger partial charge in [0, 0.05) is 19.7 Å². The van der Waals surface area contributed by atoms with Crippen molar-refractivity contribution in [2.24, 2.45) is 11.8 Å². The summed E-state index contributed by atoms with van der Waals surface area (Å²) < 4.78 is 5.07. The van der Waals surface area contributed by atoms with Crippen LogP contribution in [0.4, 0.5) is 0 Å². The number of nitrogens with one attached hydrogen (secondary N) is 1. The van der Waals surface area contributed by atoms with Crippen molar-refractivity contribution < 1.29 is 4.74 Å². The Labute approximate surface area is 101 Å². The Bertz CT molecular complexity index is 164. The van der Waals surface area contributed by atoms with E-state index in [1.54, 1.807) is 7.11 Å². The lowest BCUT2D eigenvalue weighted by Crippen LogP contribution is -2.37. The number of ether oxygens (including phenoxy) is 1. The minimum atomic E-state index is 0.623. The highest BCUT2D eigenvalue weighted by Gasteiger charge is 2.23. The SMILES string of the molecule is COCCNC(C)C(C)C1CCCCCC1. The summed E-state index contributed by atoms with van der Waals surface area (Å²) >= 11 is 0. The van der Waals surface area contributed by atoms with Crippen molar-refractivity contribution in [2.75, 3.05) is 20.3 Å². The predicted molar refractivity (Wildman–Crippen MR) is 69.7 cm³/mol. The third-order valence-electron chi connectivity index (χ3n) is 4.20. The first-order chi connectivity index (χ1) is 7.75. The monoisotopic (exact) mass is 227 g/mol. The van der Waals surface area contributed by atoms with Gasteiger partial charge in [0.15, 0.2) is 0 Å². The first-order valence-corrected chi connectivity index (χ1v) is 6.98. The number of hydrogen-bond donors (Lipinski definition) is 1. The standard InChI is InChI=1S/C14H29NO/c1-12(13(2)15-10-11-16-3)14-8-6-4-5-7-9-14/h12-15H,4-11H2,1-3H3. The van der Waals surface area contributed by atoms with Gasteiger partial charge >= 0.3 is 0 Å². The summed E-state index contributed by atoms with van der Waals surface area (Å²) in [6.07, 6.45) is 8.68. The third-order valence-corrected chi connectivity index (χ3v) is 4.20. The quantitative estimate of drug-likeness (QED) is 0.556. The van der Waals surface area contributed by atoms with E-state index in [0.29, 0.717) is 6.04 Å². The van der Waals surface area contributed by atoms with Gasteiger partial charge in [-0.1, -0.05) is 45.4 Å². The topological polar surface area (TPSA) is 21.3 Å².